The zero-order valence-electron chi connectivity index (χ0n) is 13.6. The Hall–Kier alpha value is -2.12. The molecule has 0 bridgehead atoms. The highest BCUT2D eigenvalue weighted by Crippen LogP contribution is 2.33. The number of hydrogen-bond donors (Lipinski definition) is 0. The summed E-state index contributed by atoms with van der Waals surface area (Å²) in [4.78, 5) is 25.9. The number of esters is 1. The average Bonchev–Trinajstić information content (AvgIpc) is 2.45. The lowest BCUT2D eigenvalue weighted by molar-refractivity contribution is -0.147. The van der Waals surface area contributed by atoms with Gasteiger partial charge in [0.25, 0.3) is 5.91 Å². The Bertz CT molecular complexity index is 689. The fourth-order valence-corrected chi connectivity index (χ4v) is 2.83. The molecule has 1 aromatic rings. The number of ether oxygens (including phenoxy) is 1. The molecule has 0 saturated carbocycles. The van der Waals surface area contributed by atoms with E-state index in [9.17, 15) is 18.4 Å². The summed E-state index contributed by atoms with van der Waals surface area (Å²) < 4.78 is 32.8. The van der Waals surface area contributed by atoms with Gasteiger partial charge in [-0.05, 0) is 36.5 Å². The number of thioether (sulfide) groups is 1. The zero-order valence-corrected chi connectivity index (χ0v) is 14.4. The van der Waals surface area contributed by atoms with E-state index in [1.807, 2.05) is 0 Å². The molecular formula is C15H17F2N3O3S. The van der Waals surface area contributed by atoms with Crippen molar-refractivity contribution in [2.45, 2.75) is 43.9 Å². The molecule has 1 atom stereocenters. The van der Waals surface area contributed by atoms with Crippen molar-refractivity contribution in [2.75, 3.05) is 0 Å². The monoisotopic (exact) mass is 357 g/mol. The second-order valence-electron chi connectivity index (χ2n) is 5.53. The molecule has 0 fully saturated rings. The predicted molar refractivity (Wildman–Crippen MR) is 85.5 cm³/mol. The van der Waals surface area contributed by atoms with Gasteiger partial charge >= 0.3 is 5.97 Å². The SMILES string of the molecule is CC(C)OC(=O)C(Sc1cc(C(=O)N=[N+]=[N-])c(F)cc1F)C(C)C. The minimum atomic E-state index is -1.16. The fourth-order valence-electron chi connectivity index (χ4n) is 1.77. The molecule has 0 aromatic heterocycles. The van der Waals surface area contributed by atoms with Gasteiger partial charge in [0.15, 0.2) is 0 Å². The Labute approximate surface area is 142 Å². The van der Waals surface area contributed by atoms with E-state index in [4.69, 9.17) is 10.3 Å². The van der Waals surface area contributed by atoms with Crippen LogP contribution in [0.3, 0.4) is 0 Å². The summed E-state index contributed by atoms with van der Waals surface area (Å²) in [6, 6.07) is 1.46. The van der Waals surface area contributed by atoms with E-state index in [0.29, 0.717) is 6.07 Å². The van der Waals surface area contributed by atoms with Crippen LogP contribution in [-0.2, 0) is 9.53 Å². The van der Waals surface area contributed by atoms with Gasteiger partial charge in [0, 0.05) is 15.9 Å². The lowest BCUT2D eigenvalue weighted by atomic mass is 10.1. The molecule has 0 aliphatic carbocycles. The van der Waals surface area contributed by atoms with Crippen molar-refractivity contribution in [1.29, 1.82) is 0 Å². The highest BCUT2D eigenvalue weighted by Gasteiger charge is 2.28. The van der Waals surface area contributed by atoms with E-state index in [-0.39, 0.29) is 16.9 Å². The van der Waals surface area contributed by atoms with E-state index in [2.05, 4.69) is 10.0 Å². The second kappa shape index (κ2) is 8.65. The number of amides is 1. The van der Waals surface area contributed by atoms with Crippen LogP contribution < -0.4 is 0 Å². The van der Waals surface area contributed by atoms with Crippen molar-refractivity contribution in [3.8, 4) is 0 Å². The molecule has 0 N–H and O–H groups in total. The van der Waals surface area contributed by atoms with Gasteiger partial charge in [-0.25, -0.2) is 8.78 Å². The predicted octanol–water partition coefficient (Wildman–Crippen LogP) is 4.48. The van der Waals surface area contributed by atoms with Crippen LogP contribution in [0.2, 0.25) is 0 Å². The molecular weight excluding hydrogens is 340 g/mol. The van der Waals surface area contributed by atoms with Crippen molar-refractivity contribution in [1.82, 2.24) is 0 Å². The number of hydrogen-bond acceptors (Lipinski definition) is 4. The van der Waals surface area contributed by atoms with E-state index >= 15 is 0 Å². The Kier molecular flexibility index (Phi) is 7.18. The fraction of sp³-hybridized carbons (Fsp3) is 0.467. The number of carbonyl (C=O) groups is 2. The van der Waals surface area contributed by atoms with Crippen LogP contribution in [0, 0.1) is 17.6 Å². The number of rotatable bonds is 6. The van der Waals surface area contributed by atoms with E-state index in [0.717, 1.165) is 17.8 Å². The molecule has 130 valence electrons. The number of benzene rings is 1. The summed E-state index contributed by atoms with van der Waals surface area (Å²) in [5.74, 6) is -3.94. The smallest absolute Gasteiger partial charge is 0.319 e. The van der Waals surface area contributed by atoms with Gasteiger partial charge in [-0.15, -0.1) is 11.8 Å². The number of halogens is 2. The van der Waals surface area contributed by atoms with Crippen LogP contribution in [0.5, 0.6) is 0 Å². The molecule has 0 spiro atoms. The Morgan fingerprint density at radius 3 is 2.33 bits per heavy atom. The normalized spacial score (nSPS) is 12.0. The van der Waals surface area contributed by atoms with Crippen molar-refractivity contribution in [3.05, 3.63) is 39.8 Å². The second-order valence-corrected chi connectivity index (χ2v) is 6.71. The summed E-state index contributed by atoms with van der Waals surface area (Å²) in [5.41, 5.74) is 7.70. The maximum atomic E-state index is 14.0. The maximum absolute atomic E-state index is 14.0. The van der Waals surface area contributed by atoms with Crippen LogP contribution >= 0.6 is 11.8 Å². The van der Waals surface area contributed by atoms with Gasteiger partial charge in [-0.3, -0.25) is 9.59 Å². The summed E-state index contributed by atoms with van der Waals surface area (Å²) in [6.45, 7) is 6.89. The summed E-state index contributed by atoms with van der Waals surface area (Å²) in [7, 11) is 0. The molecule has 1 aromatic carbocycles. The van der Waals surface area contributed by atoms with Gasteiger partial charge < -0.3 is 4.74 Å². The molecule has 6 nitrogen and oxygen atoms in total. The summed E-state index contributed by atoms with van der Waals surface area (Å²) in [5, 5.41) is 2.05. The molecule has 1 rings (SSSR count). The third-order valence-corrected chi connectivity index (χ3v) is 4.39. The van der Waals surface area contributed by atoms with Crippen molar-refractivity contribution in [2.24, 2.45) is 11.0 Å². The molecule has 1 amide bonds. The van der Waals surface area contributed by atoms with E-state index in [1.165, 1.54) is 0 Å². The lowest BCUT2D eigenvalue weighted by Crippen LogP contribution is -2.28. The third-order valence-electron chi connectivity index (χ3n) is 2.83. The Morgan fingerprint density at radius 2 is 1.83 bits per heavy atom. The first kappa shape index (κ1) is 19.9. The summed E-state index contributed by atoms with van der Waals surface area (Å²) in [6.07, 6.45) is -0.334. The van der Waals surface area contributed by atoms with Crippen LogP contribution in [-0.4, -0.2) is 23.2 Å². The molecule has 0 saturated heterocycles. The zero-order chi connectivity index (χ0) is 18.4. The number of azide groups is 1. The molecule has 0 heterocycles. The quantitative estimate of drug-likeness (QED) is 0.247. The Morgan fingerprint density at radius 1 is 1.21 bits per heavy atom. The van der Waals surface area contributed by atoms with Crippen LogP contribution in [0.25, 0.3) is 10.4 Å². The van der Waals surface area contributed by atoms with Gasteiger partial charge in [0.05, 0.1) is 11.7 Å². The number of carbonyl (C=O) groups excluding carboxylic acids is 2. The van der Waals surface area contributed by atoms with Crippen molar-refractivity contribution >= 4 is 23.6 Å². The maximum Gasteiger partial charge on any atom is 0.319 e. The van der Waals surface area contributed by atoms with Crippen LogP contribution in [0.15, 0.2) is 22.1 Å². The van der Waals surface area contributed by atoms with Crippen LogP contribution in [0.1, 0.15) is 38.1 Å². The minimum absolute atomic E-state index is 0.104. The topological polar surface area (TPSA) is 92.1 Å². The third kappa shape index (κ3) is 5.21. The first-order valence-corrected chi connectivity index (χ1v) is 8.01. The van der Waals surface area contributed by atoms with Gasteiger partial charge in [0.2, 0.25) is 0 Å². The lowest BCUT2D eigenvalue weighted by Gasteiger charge is -2.21. The van der Waals surface area contributed by atoms with E-state index < -0.39 is 34.3 Å². The molecule has 9 heteroatoms. The molecule has 24 heavy (non-hydrogen) atoms. The van der Waals surface area contributed by atoms with Crippen molar-refractivity contribution in [3.63, 3.8) is 0 Å². The highest BCUT2D eigenvalue weighted by atomic mass is 32.2. The summed E-state index contributed by atoms with van der Waals surface area (Å²) >= 11 is 0.829. The minimum Gasteiger partial charge on any atom is -0.462 e. The number of nitrogens with zero attached hydrogens (tertiary/aromatic N) is 3. The molecule has 1 unspecified atom stereocenters. The first-order valence-electron chi connectivity index (χ1n) is 7.13. The van der Waals surface area contributed by atoms with Gasteiger partial charge in [-0.2, -0.15) is 0 Å². The van der Waals surface area contributed by atoms with Crippen molar-refractivity contribution < 1.29 is 23.1 Å². The van der Waals surface area contributed by atoms with Gasteiger partial charge in [-0.1, -0.05) is 13.8 Å². The first-order chi connectivity index (χ1) is 11.2. The highest BCUT2D eigenvalue weighted by molar-refractivity contribution is 8.00. The van der Waals surface area contributed by atoms with E-state index in [1.54, 1.807) is 27.7 Å². The standard InChI is InChI=1S/C15H17F2N3O3S/c1-7(2)13(15(22)23-8(3)4)24-12-5-9(14(21)19-20-18)10(16)6-11(12)17/h5-8,13H,1-4H3. The largest absolute Gasteiger partial charge is 0.462 e. The van der Waals surface area contributed by atoms with Crippen LogP contribution in [0.4, 0.5) is 8.78 Å². The average molecular weight is 357 g/mol. The van der Waals surface area contributed by atoms with Gasteiger partial charge in [0.1, 0.15) is 16.9 Å². The molecule has 0 radical (unpaired) electrons. The Balaban J connectivity index is 3.19. The molecule has 0 aliphatic rings. The molecule has 0 aliphatic heterocycles.